The maximum Gasteiger partial charge on any atom is 0.160 e. The number of nitrogens with zero attached hydrogens (tertiary/aromatic N) is 2. The Labute approximate surface area is 297 Å². The molecule has 0 atom stereocenters. The van der Waals surface area contributed by atoms with Gasteiger partial charge in [-0.15, -0.1) is 22.7 Å². The fourth-order valence-corrected chi connectivity index (χ4v) is 9.53. The predicted molar refractivity (Wildman–Crippen MR) is 215 cm³/mol. The first-order chi connectivity index (χ1) is 24.8. The summed E-state index contributed by atoms with van der Waals surface area (Å²) < 4.78 is 5.28. The smallest absolute Gasteiger partial charge is 0.160 e. The number of rotatable bonds is 5. The van der Waals surface area contributed by atoms with Crippen LogP contribution in [0, 0.1) is 0 Å². The van der Waals surface area contributed by atoms with Crippen LogP contribution in [0.4, 0.5) is 0 Å². The molecule has 7 aromatic carbocycles. The van der Waals surface area contributed by atoms with E-state index in [0.29, 0.717) is 0 Å². The normalized spacial score (nSPS) is 11.6. The Balaban J connectivity index is 1.04. The van der Waals surface area contributed by atoms with E-state index in [1.54, 1.807) is 0 Å². The van der Waals surface area contributed by atoms with E-state index in [0.717, 1.165) is 33.9 Å². The molecule has 4 heteroatoms. The fraction of sp³-hybridized carbons (Fsp3) is 0. The molecule has 0 fully saturated rings. The monoisotopic (exact) mass is 672 g/mol. The van der Waals surface area contributed by atoms with E-state index in [1.165, 1.54) is 62.6 Å². The first-order valence-electron chi connectivity index (χ1n) is 16.7. The van der Waals surface area contributed by atoms with Crippen LogP contribution in [0.2, 0.25) is 0 Å². The van der Waals surface area contributed by atoms with Gasteiger partial charge in [0.1, 0.15) is 0 Å². The Morgan fingerprint density at radius 2 is 0.740 bits per heavy atom. The Kier molecular flexibility index (Phi) is 6.90. The minimum Gasteiger partial charge on any atom is -0.228 e. The summed E-state index contributed by atoms with van der Waals surface area (Å²) in [5.41, 5.74) is 9.85. The average Bonchev–Trinajstić information content (AvgIpc) is 3.77. The minimum atomic E-state index is 0.719. The van der Waals surface area contributed by atoms with Crippen molar-refractivity contribution < 1.29 is 0 Å². The molecule has 0 aliphatic rings. The SMILES string of the molecule is c1ccc(-c2nc(-c3ccc(-c4cccc5c4sc4ccccc45)cc3)cc(-c3ccc(-c4cccc5c4sc4ccccc45)cc3)n2)cc1. The van der Waals surface area contributed by atoms with E-state index < -0.39 is 0 Å². The van der Waals surface area contributed by atoms with Crippen LogP contribution >= 0.6 is 22.7 Å². The van der Waals surface area contributed by atoms with E-state index in [-0.39, 0.29) is 0 Å². The first kappa shape index (κ1) is 29.0. The summed E-state index contributed by atoms with van der Waals surface area (Å²) in [7, 11) is 0. The van der Waals surface area contributed by atoms with Gasteiger partial charge in [-0.05, 0) is 40.5 Å². The van der Waals surface area contributed by atoms with Gasteiger partial charge in [-0.1, -0.05) is 152 Å². The summed E-state index contributed by atoms with van der Waals surface area (Å²) in [4.78, 5) is 10.2. The largest absolute Gasteiger partial charge is 0.228 e. The molecular weight excluding hydrogens is 645 g/mol. The summed E-state index contributed by atoms with van der Waals surface area (Å²) in [6, 6.07) is 60.6. The average molecular weight is 673 g/mol. The first-order valence-corrected chi connectivity index (χ1v) is 18.4. The molecule has 0 bridgehead atoms. The van der Waals surface area contributed by atoms with Crippen LogP contribution in [0.1, 0.15) is 0 Å². The van der Waals surface area contributed by atoms with Crippen LogP contribution in [-0.2, 0) is 0 Å². The van der Waals surface area contributed by atoms with Crippen molar-refractivity contribution in [3.05, 3.63) is 170 Å². The topological polar surface area (TPSA) is 25.8 Å². The lowest BCUT2D eigenvalue weighted by atomic mass is 9.99. The summed E-state index contributed by atoms with van der Waals surface area (Å²) in [5.74, 6) is 0.719. The molecule has 0 aliphatic heterocycles. The highest BCUT2D eigenvalue weighted by molar-refractivity contribution is 7.26. The summed E-state index contributed by atoms with van der Waals surface area (Å²) in [6.45, 7) is 0. The number of aromatic nitrogens is 2. The number of thiophene rings is 2. The zero-order valence-corrected chi connectivity index (χ0v) is 28.5. The van der Waals surface area contributed by atoms with Gasteiger partial charge in [0.15, 0.2) is 5.82 Å². The van der Waals surface area contributed by atoms with Gasteiger partial charge >= 0.3 is 0 Å². The number of fused-ring (bicyclic) bond motifs is 6. The van der Waals surface area contributed by atoms with Crippen molar-refractivity contribution in [3.8, 4) is 56.2 Å². The molecule has 0 N–H and O–H groups in total. The summed E-state index contributed by atoms with van der Waals surface area (Å²) in [5, 5.41) is 5.26. The van der Waals surface area contributed by atoms with Crippen molar-refractivity contribution in [1.82, 2.24) is 9.97 Å². The quantitative estimate of drug-likeness (QED) is 0.182. The van der Waals surface area contributed by atoms with E-state index in [2.05, 4.69) is 152 Å². The third kappa shape index (κ3) is 4.92. The lowest BCUT2D eigenvalue weighted by Crippen LogP contribution is -1.96. The summed E-state index contributed by atoms with van der Waals surface area (Å²) in [6.07, 6.45) is 0. The van der Waals surface area contributed by atoms with Crippen LogP contribution in [0.5, 0.6) is 0 Å². The molecule has 0 aliphatic carbocycles. The molecule has 0 amide bonds. The highest BCUT2D eigenvalue weighted by atomic mass is 32.1. The second-order valence-corrected chi connectivity index (χ2v) is 14.6. The lowest BCUT2D eigenvalue weighted by Gasteiger charge is -2.11. The third-order valence-corrected chi connectivity index (χ3v) is 12.0. The highest BCUT2D eigenvalue weighted by Gasteiger charge is 2.14. The Bertz CT molecular complexity index is 2670. The van der Waals surface area contributed by atoms with Crippen molar-refractivity contribution in [2.24, 2.45) is 0 Å². The van der Waals surface area contributed by atoms with Gasteiger partial charge in [0.05, 0.1) is 11.4 Å². The molecule has 0 radical (unpaired) electrons. The van der Waals surface area contributed by atoms with E-state index >= 15 is 0 Å². The second-order valence-electron chi connectivity index (χ2n) is 12.5. The van der Waals surface area contributed by atoms with Gasteiger partial charge in [-0.25, -0.2) is 9.97 Å². The van der Waals surface area contributed by atoms with Crippen LogP contribution in [0.15, 0.2) is 170 Å². The van der Waals surface area contributed by atoms with Crippen LogP contribution < -0.4 is 0 Å². The maximum absolute atomic E-state index is 5.09. The Morgan fingerprint density at radius 3 is 1.24 bits per heavy atom. The van der Waals surface area contributed by atoms with E-state index in [1.807, 2.05) is 40.9 Å². The predicted octanol–water partition coefficient (Wildman–Crippen LogP) is 13.5. The van der Waals surface area contributed by atoms with E-state index in [4.69, 9.17) is 9.97 Å². The second kappa shape index (κ2) is 11.9. The third-order valence-electron chi connectivity index (χ3n) is 9.55. The molecular formula is C46H28N2S2. The summed E-state index contributed by atoms with van der Waals surface area (Å²) >= 11 is 3.73. The van der Waals surface area contributed by atoms with Crippen molar-refractivity contribution in [2.45, 2.75) is 0 Å². The van der Waals surface area contributed by atoms with Crippen LogP contribution in [0.25, 0.3) is 96.5 Å². The lowest BCUT2D eigenvalue weighted by molar-refractivity contribution is 1.18. The van der Waals surface area contributed by atoms with Crippen molar-refractivity contribution >= 4 is 63.0 Å². The van der Waals surface area contributed by atoms with Crippen LogP contribution in [-0.4, -0.2) is 9.97 Å². The minimum absolute atomic E-state index is 0.719. The van der Waals surface area contributed by atoms with Gasteiger partial charge in [0.2, 0.25) is 0 Å². The zero-order chi connectivity index (χ0) is 33.0. The molecule has 0 spiro atoms. The molecule has 0 saturated carbocycles. The number of benzene rings is 7. The van der Waals surface area contributed by atoms with Gasteiger partial charge < -0.3 is 0 Å². The molecule has 0 unspecified atom stereocenters. The van der Waals surface area contributed by atoms with Gasteiger partial charge in [-0.3, -0.25) is 0 Å². The van der Waals surface area contributed by atoms with Crippen molar-refractivity contribution in [3.63, 3.8) is 0 Å². The zero-order valence-electron chi connectivity index (χ0n) is 26.9. The van der Waals surface area contributed by atoms with Gasteiger partial charge in [0.25, 0.3) is 0 Å². The molecule has 3 heterocycles. The molecule has 234 valence electrons. The maximum atomic E-state index is 5.09. The highest BCUT2D eigenvalue weighted by Crippen LogP contribution is 2.42. The van der Waals surface area contributed by atoms with Gasteiger partial charge in [-0.2, -0.15) is 0 Å². The molecule has 2 nitrogen and oxygen atoms in total. The molecule has 10 rings (SSSR count). The fourth-order valence-electron chi connectivity index (χ4n) is 7.05. The molecule has 3 aromatic heterocycles. The Morgan fingerprint density at radius 1 is 0.320 bits per heavy atom. The van der Waals surface area contributed by atoms with E-state index in [9.17, 15) is 0 Å². The van der Waals surface area contributed by atoms with Gasteiger partial charge in [0, 0.05) is 57.0 Å². The number of hydrogen-bond donors (Lipinski definition) is 0. The van der Waals surface area contributed by atoms with Crippen LogP contribution in [0.3, 0.4) is 0 Å². The molecule has 50 heavy (non-hydrogen) atoms. The molecule has 0 saturated heterocycles. The molecule has 10 aromatic rings. The Hall–Kier alpha value is -5.94. The standard InChI is InChI=1S/C46H28N2S2/c1-2-10-33(11-3-1)46-47-40(31-24-20-29(21-25-31)34-14-8-16-38-36-12-4-6-18-42(36)49-44(34)38)28-41(48-46)32-26-22-30(23-27-32)35-15-9-17-39-37-13-5-7-19-43(37)50-45(35)39/h1-28H. The number of hydrogen-bond acceptors (Lipinski definition) is 4. The van der Waals surface area contributed by atoms with Crippen molar-refractivity contribution in [2.75, 3.05) is 0 Å². The van der Waals surface area contributed by atoms with Crippen molar-refractivity contribution in [1.29, 1.82) is 0 Å².